The molecule has 4 heteroatoms. The molecule has 3 nitrogen and oxygen atoms in total. The van der Waals surface area contributed by atoms with Crippen molar-refractivity contribution in [1.29, 1.82) is 0 Å². The average Bonchev–Trinajstić information content (AvgIpc) is 2.90. The number of halogens is 1. The van der Waals surface area contributed by atoms with E-state index in [0.717, 1.165) is 0 Å². The summed E-state index contributed by atoms with van der Waals surface area (Å²) in [4.78, 5) is 13.7. The molecule has 0 saturated carbocycles. The fourth-order valence-corrected chi connectivity index (χ4v) is 1.93. The molecule has 1 aromatic heterocycles. The molecule has 1 aromatic carbocycles. The van der Waals surface area contributed by atoms with Gasteiger partial charge in [-0.3, -0.25) is 4.79 Å². The first-order chi connectivity index (χ1) is 9.17. The lowest BCUT2D eigenvalue weighted by Crippen LogP contribution is -2.30. The van der Waals surface area contributed by atoms with Crippen molar-refractivity contribution in [2.45, 2.75) is 13.8 Å². The van der Waals surface area contributed by atoms with E-state index in [2.05, 4.69) is 0 Å². The Bertz CT molecular complexity index is 573. The highest BCUT2D eigenvalue weighted by Crippen LogP contribution is 2.25. The predicted molar refractivity (Wildman–Crippen MR) is 71.4 cm³/mol. The summed E-state index contributed by atoms with van der Waals surface area (Å²) in [6, 6.07) is 9.54. The van der Waals surface area contributed by atoms with Crippen LogP contribution in [0.2, 0.25) is 0 Å². The lowest BCUT2D eigenvalue weighted by Gasteiger charge is -2.16. The zero-order valence-corrected chi connectivity index (χ0v) is 11.0. The Hall–Kier alpha value is -2.10. The summed E-state index contributed by atoms with van der Waals surface area (Å²) in [5, 5.41) is 0. The van der Waals surface area contributed by atoms with Gasteiger partial charge in [-0.1, -0.05) is 12.1 Å². The summed E-state index contributed by atoms with van der Waals surface area (Å²) >= 11 is 0. The molecule has 0 spiro atoms. The van der Waals surface area contributed by atoms with Gasteiger partial charge in [-0.2, -0.15) is 0 Å². The van der Waals surface area contributed by atoms with Crippen molar-refractivity contribution in [2.75, 3.05) is 13.1 Å². The van der Waals surface area contributed by atoms with E-state index < -0.39 is 0 Å². The Labute approximate surface area is 111 Å². The first-order valence-corrected chi connectivity index (χ1v) is 6.31. The van der Waals surface area contributed by atoms with E-state index in [9.17, 15) is 9.18 Å². The van der Waals surface area contributed by atoms with Crippen molar-refractivity contribution < 1.29 is 13.6 Å². The SMILES string of the molecule is CCN(CC)C(=O)c1ccc(-c2ccccc2F)o1. The zero-order valence-electron chi connectivity index (χ0n) is 11.0. The molecular weight excluding hydrogens is 245 g/mol. The summed E-state index contributed by atoms with van der Waals surface area (Å²) in [6.45, 7) is 5.04. The molecule has 2 rings (SSSR count). The number of furan rings is 1. The maximum absolute atomic E-state index is 13.6. The molecule has 100 valence electrons. The van der Waals surface area contributed by atoms with Crippen LogP contribution in [0, 0.1) is 5.82 Å². The Morgan fingerprint density at radius 2 is 1.84 bits per heavy atom. The molecule has 2 aromatic rings. The van der Waals surface area contributed by atoms with Crippen LogP contribution in [0.4, 0.5) is 4.39 Å². The molecule has 0 atom stereocenters. The molecule has 1 heterocycles. The van der Waals surface area contributed by atoms with Gasteiger partial charge in [0.2, 0.25) is 0 Å². The number of amides is 1. The van der Waals surface area contributed by atoms with Crippen molar-refractivity contribution in [2.24, 2.45) is 0 Å². The number of nitrogens with zero attached hydrogens (tertiary/aromatic N) is 1. The molecule has 0 unspecified atom stereocenters. The molecular formula is C15H16FNO2. The Kier molecular flexibility index (Phi) is 4.00. The van der Waals surface area contributed by atoms with Crippen molar-refractivity contribution >= 4 is 5.91 Å². The molecule has 0 bridgehead atoms. The Morgan fingerprint density at radius 1 is 1.16 bits per heavy atom. The van der Waals surface area contributed by atoms with Gasteiger partial charge in [-0.15, -0.1) is 0 Å². The highest BCUT2D eigenvalue weighted by atomic mass is 19.1. The molecule has 1 amide bonds. The van der Waals surface area contributed by atoms with E-state index >= 15 is 0 Å². The van der Waals surface area contributed by atoms with Gasteiger partial charge in [0.15, 0.2) is 5.76 Å². The molecule has 0 radical (unpaired) electrons. The van der Waals surface area contributed by atoms with Crippen LogP contribution in [-0.4, -0.2) is 23.9 Å². The standard InChI is InChI=1S/C15H16FNO2/c1-3-17(4-2)15(18)14-10-9-13(19-14)11-7-5-6-8-12(11)16/h5-10H,3-4H2,1-2H3. The van der Waals surface area contributed by atoms with Crippen molar-refractivity contribution in [1.82, 2.24) is 4.90 Å². The van der Waals surface area contributed by atoms with Crippen LogP contribution in [0.3, 0.4) is 0 Å². The minimum atomic E-state index is -0.362. The molecule has 0 fully saturated rings. The van der Waals surface area contributed by atoms with Crippen LogP contribution < -0.4 is 0 Å². The Morgan fingerprint density at radius 3 is 2.47 bits per heavy atom. The highest BCUT2D eigenvalue weighted by Gasteiger charge is 2.18. The second-order valence-electron chi connectivity index (χ2n) is 4.12. The highest BCUT2D eigenvalue weighted by molar-refractivity contribution is 5.92. The van der Waals surface area contributed by atoms with Gasteiger partial charge in [0.05, 0.1) is 5.56 Å². The number of hydrogen-bond donors (Lipinski definition) is 0. The smallest absolute Gasteiger partial charge is 0.289 e. The van der Waals surface area contributed by atoms with E-state index in [4.69, 9.17) is 4.42 Å². The third-order valence-electron chi connectivity index (χ3n) is 3.01. The van der Waals surface area contributed by atoms with Crippen LogP contribution in [0.5, 0.6) is 0 Å². The van der Waals surface area contributed by atoms with E-state index in [0.29, 0.717) is 24.4 Å². The lowest BCUT2D eigenvalue weighted by molar-refractivity contribution is 0.0742. The number of carbonyl (C=O) groups excluding carboxylic acids is 1. The summed E-state index contributed by atoms with van der Waals surface area (Å²) in [7, 11) is 0. The number of hydrogen-bond acceptors (Lipinski definition) is 2. The van der Waals surface area contributed by atoms with Gasteiger partial charge in [-0.25, -0.2) is 4.39 Å². The van der Waals surface area contributed by atoms with Crippen LogP contribution in [0.1, 0.15) is 24.4 Å². The van der Waals surface area contributed by atoms with E-state index in [-0.39, 0.29) is 17.5 Å². The second-order valence-corrected chi connectivity index (χ2v) is 4.12. The van der Waals surface area contributed by atoms with Gasteiger partial charge in [0.1, 0.15) is 11.6 Å². The molecule has 0 saturated heterocycles. The third-order valence-corrected chi connectivity index (χ3v) is 3.01. The molecule has 0 aliphatic heterocycles. The molecule has 19 heavy (non-hydrogen) atoms. The molecule has 0 N–H and O–H groups in total. The first-order valence-electron chi connectivity index (χ1n) is 6.31. The van der Waals surface area contributed by atoms with E-state index in [1.807, 2.05) is 13.8 Å². The number of rotatable bonds is 4. The van der Waals surface area contributed by atoms with Crippen LogP contribution in [0.15, 0.2) is 40.8 Å². The van der Waals surface area contributed by atoms with Gasteiger partial charge >= 0.3 is 0 Å². The first kappa shape index (κ1) is 13.3. The fourth-order valence-electron chi connectivity index (χ4n) is 1.93. The Balaban J connectivity index is 2.29. The summed E-state index contributed by atoms with van der Waals surface area (Å²) in [6.07, 6.45) is 0. The maximum atomic E-state index is 13.6. The van der Waals surface area contributed by atoms with E-state index in [1.54, 1.807) is 35.2 Å². The van der Waals surface area contributed by atoms with Crippen molar-refractivity contribution in [3.63, 3.8) is 0 Å². The minimum Gasteiger partial charge on any atom is -0.451 e. The third kappa shape index (κ3) is 2.67. The quantitative estimate of drug-likeness (QED) is 0.843. The summed E-state index contributed by atoms with van der Waals surface area (Å²) < 4.78 is 19.1. The predicted octanol–water partition coefficient (Wildman–Crippen LogP) is 3.57. The molecule has 0 aliphatic rings. The van der Waals surface area contributed by atoms with Gasteiger partial charge in [0.25, 0.3) is 5.91 Å². The van der Waals surface area contributed by atoms with Gasteiger partial charge in [0, 0.05) is 13.1 Å². The number of benzene rings is 1. The van der Waals surface area contributed by atoms with Crippen LogP contribution in [-0.2, 0) is 0 Å². The minimum absolute atomic E-state index is 0.174. The second kappa shape index (κ2) is 5.69. The largest absolute Gasteiger partial charge is 0.451 e. The number of carbonyl (C=O) groups is 1. The normalized spacial score (nSPS) is 10.5. The summed E-state index contributed by atoms with van der Waals surface area (Å²) in [5.41, 5.74) is 0.362. The monoisotopic (exact) mass is 261 g/mol. The lowest BCUT2D eigenvalue weighted by atomic mass is 10.1. The summed E-state index contributed by atoms with van der Waals surface area (Å²) in [5.74, 6) is 0.0711. The topological polar surface area (TPSA) is 33.5 Å². The van der Waals surface area contributed by atoms with E-state index in [1.165, 1.54) is 6.07 Å². The van der Waals surface area contributed by atoms with Crippen LogP contribution >= 0.6 is 0 Å². The van der Waals surface area contributed by atoms with Crippen molar-refractivity contribution in [3.8, 4) is 11.3 Å². The van der Waals surface area contributed by atoms with Crippen LogP contribution in [0.25, 0.3) is 11.3 Å². The maximum Gasteiger partial charge on any atom is 0.289 e. The van der Waals surface area contributed by atoms with Gasteiger partial charge < -0.3 is 9.32 Å². The van der Waals surface area contributed by atoms with Crippen molar-refractivity contribution in [3.05, 3.63) is 48.0 Å². The molecule has 0 aliphatic carbocycles. The average molecular weight is 261 g/mol. The fraction of sp³-hybridized carbons (Fsp3) is 0.267. The van der Waals surface area contributed by atoms with Gasteiger partial charge in [-0.05, 0) is 38.1 Å². The zero-order chi connectivity index (χ0) is 13.8.